The highest BCUT2D eigenvalue weighted by Crippen LogP contribution is 2.43. The maximum Gasteiger partial charge on any atom is 0.246 e. The number of ether oxygens (including phenoxy) is 3. The molecule has 1 saturated carbocycles. The number of anilines is 2. The van der Waals surface area contributed by atoms with Gasteiger partial charge < -0.3 is 28.8 Å². The van der Waals surface area contributed by atoms with E-state index in [4.69, 9.17) is 18.6 Å². The van der Waals surface area contributed by atoms with Crippen LogP contribution >= 0.6 is 0 Å². The minimum Gasteiger partial charge on any atom is -0.495 e. The first kappa shape index (κ1) is 23.8. The van der Waals surface area contributed by atoms with E-state index in [1.165, 1.54) is 12.4 Å². The molecule has 9 nitrogen and oxygen atoms in total. The highest BCUT2D eigenvalue weighted by Gasteiger charge is 2.47. The van der Waals surface area contributed by atoms with E-state index in [1.807, 2.05) is 47.4 Å². The monoisotopic (exact) mass is 512 g/mol. The maximum absolute atomic E-state index is 12.1. The molecule has 38 heavy (non-hydrogen) atoms. The van der Waals surface area contributed by atoms with E-state index in [1.54, 1.807) is 20.5 Å². The molecule has 2 bridgehead atoms. The van der Waals surface area contributed by atoms with Crippen LogP contribution in [0.2, 0.25) is 0 Å². The standard InChI is InChI=1S/C29H28N4O5/c1-4-28(34)33-15-18-10-19(33)12-25(18)38-27-13-20-21(14-26(27)36-3)30-16-31-29(20)32-22-11-17(7-8-24(22)35-2)23-6-5-9-37-23/h4-9,11,13-14,16,18-19,25H,1,10,12,15H2,2-3H3,(H,30,31,32). The quantitative estimate of drug-likeness (QED) is 0.322. The topological polar surface area (TPSA) is 99.0 Å². The molecule has 2 aliphatic rings. The van der Waals surface area contributed by atoms with Crippen molar-refractivity contribution in [2.75, 3.05) is 26.1 Å². The zero-order chi connectivity index (χ0) is 26.2. The van der Waals surface area contributed by atoms with Crippen LogP contribution in [-0.2, 0) is 4.79 Å². The molecule has 0 spiro atoms. The second kappa shape index (κ2) is 9.74. The zero-order valence-electron chi connectivity index (χ0n) is 21.2. The molecule has 2 aromatic carbocycles. The van der Waals surface area contributed by atoms with Gasteiger partial charge in [-0.25, -0.2) is 9.97 Å². The van der Waals surface area contributed by atoms with Crippen molar-refractivity contribution >= 4 is 28.3 Å². The van der Waals surface area contributed by atoms with Crippen molar-refractivity contribution in [3.8, 4) is 28.6 Å². The lowest BCUT2D eigenvalue weighted by Gasteiger charge is -2.31. The summed E-state index contributed by atoms with van der Waals surface area (Å²) in [6.45, 7) is 4.30. The fourth-order valence-corrected chi connectivity index (χ4v) is 5.55. The molecule has 1 N–H and O–H groups in total. The van der Waals surface area contributed by atoms with Crippen LogP contribution in [-0.4, -0.2) is 53.7 Å². The van der Waals surface area contributed by atoms with Gasteiger partial charge in [0.2, 0.25) is 5.91 Å². The van der Waals surface area contributed by atoms with Gasteiger partial charge in [0.05, 0.1) is 31.7 Å². The van der Waals surface area contributed by atoms with E-state index in [-0.39, 0.29) is 24.0 Å². The number of furan rings is 1. The number of fused-ring (bicyclic) bond motifs is 3. The van der Waals surface area contributed by atoms with Gasteiger partial charge in [0, 0.05) is 41.9 Å². The Morgan fingerprint density at radius 1 is 1.11 bits per heavy atom. The number of carbonyl (C=O) groups is 1. The smallest absolute Gasteiger partial charge is 0.246 e. The number of benzene rings is 2. The molecule has 1 amide bonds. The van der Waals surface area contributed by atoms with Gasteiger partial charge in [-0.15, -0.1) is 0 Å². The van der Waals surface area contributed by atoms with Crippen molar-refractivity contribution in [2.45, 2.75) is 25.0 Å². The van der Waals surface area contributed by atoms with Crippen molar-refractivity contribution in [3.05, 3.63) is 67.7 Å². The molecule has 1 aliphatic heterocycles. The molecule has 3 atom stereocenters. The first-order valence-corrected chi connectivity index (χ1v) is 12.5. The summed E-state index contributed by atoms with van der Waals surface area (Å²) in [5.74, 6) is 3.49. The molecule has 194 valence electrons. The van der Waals surface area contributed by atoms with E-state index in [0.29, 0.717) is 35.1 Å². The second-order valence-electron chi connectivity index (χ2n) is 9.50. The molecule has 4 aromatic rings. The van der Waals surface area contributed by atoms with Crippen LogP contribution in [0.15, 0.2) is 72.1 Å². The summed E-state index contributed by atoms with van der Waals surface area (Å²) in [6, 6.07) is 13.5. The molecule has 2 fully saturated rings. The van der Waals surface area contributed by atoms with Crippen LogP contribution in [0.4, 0.5) is 11.5 Å². The van der Waals surface area contributed by atoms with Crippen LogP contribution in [0, 0.1) is 5.92 Å². The fraction of sp³-hybridized carbons (Fsp3) is 0.276. The minimum absolute atomic E-state index is 0.00803. The Hall–Kier alpha value is -4.53. The summed E-state index contributed by atoms with van der Waals surface area (Å²) in [7, 11) is 3.24. The van der Waals surface area contributed by atoms with E-state index >= 15 is 0 Å². The summed E-state index contributed by atoms with van der Waals surface area (Å²) in [4.78, 5) is 23.0. The largest absolute Gasteiger partial charge is 0.495 e. The summed E-state index contributed by atoms with van der Waals surface area (Å²) in [5.41, 5.74) is 2.35. The summed E-state index contributed by atoms with van der Waals surface area (Å²) >= 11 is 0. The van der Waals surface area contributed by atoms with Crippen LogP contribution in [0.5, 0.6) is 17.2 Å². The maximum atomic E-state index is 12.1. The third-order valence-corrected chi connectivity index (χ3v) is 7.39. The first-order valence-electron chi connectivity index (χ1n) is 12.5. The van der Waals surface area contributed by atoms with E-state index in [2.05, 4.69) is 21.9 Å². The molecule has 1 aliphatic carbocycles. The number of methoxy groups -OCH3 is 2. The number of likely N-dealkylation sites (tertiary alicyclic amines) is 1. The minimum atomic E-state index is -0.0151. The van der Waals surface area contributed by atoms with Crippen molar-refractivity contribution in [2.24, 2.45) is 5.92 Å². The van der Waals surface area contributed by atoms with Gasteiger partial charge in [0.1, 0.15) is 29.8 Å². The van der Waals surface area contributed by atoms with Crippen molar-refractivity contribution in [3.63, 3.8) is 0 Å². The normalized spacial score (nSPS) is 19.9. The summed E-state index contributed by atoms with van der Waals surface area (Å²) in [6.07, 6.45) is 6.24. The number of aromatic nitrogens is 2. The van der Waals surface area contributed by atoms with Crippen molar-refractivity contribution in [1.29, 1.82) is 0 Å². The molecule has 0 radical (unpaired) electrons. The number of carbonyl (C=O) groups excluding carboxylic acids is 1. The molecule has 3 unspecified atom stereocenters. The SMILES string of the molecule is C=CC(=O)N1CC2CC1CC2Oc1cc2c(Nc3cc(-c4ccco4)ccc3OC)ncnc2cc1OC. The zero-order valence-corrected chi connectivity index (χ0v) is 21.2. The Kier molecular flexibility index (Phi) is 6.11. The highest BCUT2D eigenvalue weighted by atomic mass is 16.5. The van der Waals surface area contributed by atoms with Crippen LogP contribution in [0.1, 0.15) is 12.8 Å². The molecule has 3 heterocycles. The number of hydrogen-bond acceptors (Lipinski definition) is 8. The predicted octanol–water partition coefficient (Wildman–Crippen LogP) is 5.20. The Balaban J connectivity index is 1.32. The van der Waals surface area contributed by atoms with Crippen LogP contribution in [0.25, 0.3) is 22.2 Å². The number of piperidine rings is 1. The van der Waals surface area contributed by atoms with E-state index in [9.17, 15) is 4.79 Å². The van der Waals surface area contributed by atoms with Crippen LogP contribution < -0.4 is 19.5 Å². The average molecular weight is 513 g/mol. The third-order valence-electron chi connectivity index (χ3n) is 7.39. The van der Waals surface area contributed by atoms with Gasteiger partial charge in [-0.2, -0.15) is 0 Å². The number of nitrogens with zero attached hydrogens (tertiary/aromatic N) is 3. The van der Waals surface area contributed by atoms with Crippen molar-refractivity contribution < 1.29 is 23.4 Å². The molecular formula is C29H28N4O5. The molecule has 2 aromatic heterocycles. The fourth-order valence-electron chi connectivity index (χ4n) is 5.55. The Bertz CT molecular complexity index is 1500. The predicted molar refractivity (Wildman–Crippen MR) is 143 cm³/mol. The second-order valence-corrected chi connectivity index (χ2v) is 9.50. The Morgan fingerprint density at radius 3 is 2.68 bits per heavy atom. The molecule has 6 rings (SSSR count). The van der Waals surface area contributed by atoms with Crippen LogP contribution in [0.3, 0.4) is 0 Å². The lowest BCUT2D eigenvalue weighted by molar-refractivity contribution is -0.128. The first-order chi connectivity index (χ1) is 18.6. The van der Waals surface area contributed by atoms with Gasteiger partial charge >= 0.3 is 0 Å². The Labute approximate surface area is 220 Å². The Morgan fingerprint density at radius 2 is 1.97 bits per heavy atom. The lowest BCUT2D eigenvalue weighted by Crippen LogP contribution is -2.42. The van der Waals surface area contributed by atoms with E-state index in [0.717, 1.165) is 35.2 Å². The summed E-state index contributed by atoms with van der Waals surface area (Å²) in [5, 5.41) is 4.19. The van der Waals surface area contributed by atoms with Gasteiger partial charge in [0.25, 0.3) is 0 Å². The molecule has 9 heteroatoms. The van der Waals surface area contributed by atoms with Gasteiger partial charge in [0.15, 0.2) is 11.5 Å². The molecular weight excluding hydrogens is 484 g/mol. The number of nitrogens with one attached hydrogen (secondary N) is 1. The van der Waals surface area contributed by atoms with Gasteiger partial charge in [-0.05, 0) is 48.9 Å². The summed E-state index contributed by atoms with van der Waals surface area (Å²) < 4.78 is 23.3. The third kappa shape index (κ3) is 4.19. The number of rotatable bonds is 8. The van der Waals surface area contributed by atoms with Gasteiger partial charge in [-0.1, -0.05) is 6.58 Å². The number of hydrogen-bond donors (Lipinski definition) is 1. The average Bonchev–Trinajstić information content (AvgIpc) is 3.71. The van der Waals surface area contributed by atoms with E-state index < -0.39 is 0 Å². The van der Waals surface area contributed by atoms with Crippen molar-refractivity contribution in [1.82, 2.24) is 14.9 Å². The lowest BCUT2D eigenvalue weighted by atomic mass is 10.1. The molecule has 1 saturated heterocycles. The highest BCUT2D eigenvalue weighted by molar-refractivity contribution is 5.94. The number of amides is 1. The van der Waals surface area contributed by atoms with Gasteiger partial charge in [-0.3, -0.25) is 4.79 Å².